The Morgan fingerprint density at radius 3 is 2.11 bits per heavy atom. The first-order chi connectivity index (χ1) is 12.9. The van der Waals surface area contributed by atoms with Gasteiger partial charge in [0.1, 0.15) is 5.69 Å². The summed E-state index contributed by atoms with van der Waals surface area (Å²) in [5.41, 5.74) is 1.13. The normalized spacial score (nSPS) is 14.1. The van der Waals surface area contributed by atoms with Crippen LogP contribution in [0.15, 0.2) is 42.5 Å². The van der Waals surface area contributed by atoms with E-state index in [1.54, 1.807) is 36.1 Å². The molecule has 0 atom stereocenters. The fraction of sp³-hybridized carbons (Fsp3) is 0.278. The lowest BCUT2D eigenvalue weighted by molar-refractivity contribution is -0.385. The molecule has 9 nitrogen and oxygen atoms in total. The van der Waals surface area contributed by atoms with Gasteiger partial charge in [0.2, 0.25) is 0 Å². The molecule has 0 N–H and O–H groups in total. The largest absolute Gasteiger partial charge is 0.362 e. The van der Waals surface area contributed by atoms with E-state index in [9.17, 15) is 25.0 Å². The molecule has 0 aliphatic carbocycles. The Balaban J connectivity index is 1.75. The fourth-order valence-electron chi connectivity index (χ4n) is 3.26. The Kier molecular flexibility index (Phi) is 5.02. The lowest BCUT2D eigenvalue weighted by Crippen LogP contribution is -2.49. The van der Waals surface area contributed by atoms with Gasteiger partial charge >= 0.3 is 0 Å². The van der Waals surface area contributed by atoms with Gasteiger partial charge < -0.3 is 9.80 Å². The van der Waals surface area contributed by atoms with Crippen LogP contribution in [0.3, 0.4) is 0 Å². The zero-order valence-corrected chi connectivity index (χ0v) is 14.7. The molecule has 27 heavy (non-hydrogen) atoms. The van der Waals surface area contributed by atoms with Crippen molar-refractivity contribution in [2.75, 3.05) is 31.1 Å². The molecule has 1 heterocycles. The van der Waals surface area contributed by atoms with Gasteiger partial charge in [-0.1, -0.05) is 18.2 Å². The van der Waals surface area contributed by atoms with Crippen LogP contribution < -0.4 is 4.90 Å². The van der Waals surface area contributed by atoms with E-state index in [2.05, 4.69) is 0 Å². The summed E-state index contributed by atoms with van der Waals surface area (Å²) in [7, 11) is 0. The molecule has 0 spiro atoms. The first kappa shape index (κ1) is 18.3. The van der Waals surface area contributed by atoms with Crippen molar-refractivity contribution in [1.29, 1.82) is 0 Å². The number of nitro benzene ring substituents is 2. The van der Waals surface area contributed by atoms with Gasteiger partial charge in [0.05, 0.1) is 9.85 Å². The van der Waals surface area contributed by atoms with Crippen LogP contribution in [0.1, 0.15) is 15.9 Å². The first-order valence-corrected chi connectivity index (χ1v) is 8.42. The molecule has 9 heteroatoms. The lowest BCUT2D eigenvalue weighted by atomic mass is 10.1. The number of carbonyl (C=O) groups is 1. The predicted octanol–water partition coefficient (Wildman–Crippen LogP) is 2.77. The van der Waals surface area contributed by atoms with Gasteiger partial charge in [-0.25, -0.2) is 0 Å². The minimum Gasteiger partial charge on any atom is -0.362 e. The number of nitro groups is 2. The molecule has 140 valence electrons. The summed E-state index contributed by atoms with van der Waals surface area (Å²) in [6, 6.07) is 11.0. The van der Waals surface area contributed by atoms with E-state index >= 15 is 0 Å². The highest BCUT2D eigenvalue weighted by atomic mass is 16.6. The standard InChI is InChI=1S/C18H18N4O5/c1-13-14(5-4-8-15(13)21(24)25)18(23)20-11-9-19(10-12-20)16-6-2-3-7-17(16)22(26)27/h2-8H,9-12H2,1H3. The third-order valence-corrected chi connectivity index (χ3v) is 4.72. The van der Waals surface area contributed by atoms with Gasteiger partial charge in [-0.05, 0) is 19.1 Å². The van der Waals surface area contributed by atoms with Crippen LogP contribution in [0.25, 0.3) is 0 Å². The fourth-order valence-corrected chi connectivity index (χ4v) is 3.26. The quantitative estimate of drug-likeness (QED) is 0.604. The van der Waals surface area contributed by atoms with Crippen molar-refractivity contribution in [3.63, 3.8) is 0 Å². The molecule has 1 fully saturated rings. The van der Waals surface area contributed by atoms with Crippen LogP contribution >= 0.6 is 0 Å². The summed E-state index contributed by atoms with van der Waals surface area (Å²) in [5, 5.41) is 22.3. The van der Waals surface area contributed by atoms with E-state index < -0.39 is 9.85 Å². The Morgan fingerprint density at radius 2 is 1.48 bits per heavy atom. The number of hydrogen-bond donors (Lipinski definition) is 0. The number of carbonyl (C=O) groups excluding carboxylic acids is 1. The van der Waals surface area contributed by atoms with E-state index in [-0.39, 0.29) is 17.3 Å². The van der Waals surface area contributed by atoms with Crippen LogP contribution in [0, 0.1) is 27.2 Å². The predicted molar refractivity (Wildman–Crippen MR) is 99.0 cm³/mol. The van der Waals surface area contributed by atoms with Crippen molar-refractivity contribution >= 4 is 23.0 Å². The second kappa shape index (κ2) is 7.40. The van der Waals surface area contributed by atoms with Crippen LogP contribution in [-0.2, 0) is 0 Å². The molecule has 0 saturated carbocycles. The first-order valence-electron chi connectivity index (χ1n) is 8.42. The van der Waals surface area contributed by atoms with Gasteiger partial charge in [-0.2, -0.15) is 0 Å². The molecule has 2 aromatic rings. The third kappa shape index (κ3) is 3.57. The number of para-hydroxylation sites is 2. The summed E-state index contributed by atoms with van der Waals surface area (Å²) >= 11 is 0. The topological polar surface area (TPSA) is 110 Å². The number of amides is 1. The molecule has 1 saturated heterocycles. The van der Waals surface area contributed by atoms with E-state index in [0.29, 0.717) is 43.0 Å². The van der Waals surface area contributed by atoms with Crippen LogP contribution in [-0.4, -0.2) is 46.8 Å². The molecule has 0 aromatic heterocycles. The number of benzene rings is 2. The van der Waals surface area contributed by atoms with E-state index in [4.69, 9.17) is 0 Å². The second-order valence-electron chi connectivity index (χ2n) is 6.23. The number of hydrogen-bond acceptors (Lipinski definition) is 6. The molecule has 1 aliphatic rings. The Labute approximate surface area is 155 Å². The molecule has 1 aliphatic heterocycles. The number of nitrogens with zero attached hydrogens (tertiary/aromatic N) is 4. The summed E-state index contributed by atoms with van der Waals surface area (Å²) in [6.45, 7) is 3.23. The average Bonchev–Trinajstić information content (AvgIpc) is 2.67. The van der Waals surface area contributed by atoms with Gasteiger partial charge in [0.25, 0.3) is 17.3 Å². The van der Waals surface area contributed by atoms with Gasteiger partial charge in [0.15, 0.2) is 0 Å². The SMILES string of the molecule is Cc1c(C(=O)N2CCN(c3ccccc3[N+](=O)[O-])CC2)cccc1[N+](=O)[O-]. The zero-order chi connectivity index (χ0) is 19.6. The van der Waals surface area contributed by atoms with Crippen LogP contribution in [0.5, 0.6) is 0 Å². The van der Waals surface area contributed by atoms with E-state index in [1.807, 2.05) is 4.90 Å². The van der Waals surface area contributed by atoms with Crippen molar-refractivity contribution in [3.05, 3.63) is 73.8 Å². The van der Waals surface area contributed by atoms with Crippen molar-refractivity contribution < 1.29 is 14.6 Å². The Bertz CT molecular complexity index is 906. The zero-order valence-electron chi connectivity index (χ0n) is 14.7. The molecule has 3 rings (SSSR count). The smallest absolute Gasteiger partial charge is 0.292 e. The highest BCUT2D eigenvalue weighted by molar-refractivity contribution is 5.96. The second-order valence-corrected chi connectivity index (χ2v) is 6.23. The summed E-state index contributed by atoms with van der Waals surface area (Å²) < 4.78 is 0. The van der Waals surface area contributed by atoms with Gasteiger partial charge in [0, 0.05) is 49.4 Å². The van der Waals surface area contributed by atoms with Crippen LogP contribution in [0.2, 0.25) is 0 Å². The van der Waals surface area contributed by atoms with Crippen molar-refractivity contribution in [3.8, 4) is 0 Å². The highest BCUT2D eigenvalue weighted by Gasteiger charge is 2.28. The number of piperazine rings is 1. The highest BCUT2D eigenvalue weighted by Crippen LogP contribution is 2.29. The molecular weight excluding hydrogens is 352 g/mol. The molecule has 0 radical (unpaired) electrons. The molecule has 2 aromatic carbocycles. The van der Waals surface area contributed by atoms with E-state index in [0.717, 1.165) is 0 Å². The molecule has 1 amide bonds. The van der Waals surface area contributed by atoms with Crippen molar-refractivity contribution in [1.82, 2.24) is 4.90 Å². The molecular formula is C18H18N4O5. The summed E-state index contributed by atoms with van der Waals surface area (Å²) in [4.78, 5) is 37.7. The maximum absolute atomic E-state index is 12.8. The minimum absolute atomic E-state index is 0.0341. The van der Waals surface area contributed by atoms with Crippen molar-refractivity contribution in [2.45, 2.75) is 6.92 Å². The number of rotatable bonds is 4. The maximum atomic E-state index is 12.8. The van der Waals surface area contributed by atoms with Gasteiger partial charge in [-0.3, -0.25) is 25.0 Å². The molecule has 0 unspecified atom stereocenters. The monoisotopic (exact) mass is 370 g/mol. The number of anilines is 1. The van der Waals surface area contributed by atoms with Gasteiger partial charge in [-0.15, -0.1) is 0 Å². The van der Waals surface area contributed by atoms with Crippen molar-refractivity contribution in [2.24, 2.45) is 0 Å². The Morgan fingerprint density at radius 1 is 0.889 bits per heavy atom. The lowest BCUT2D eigenvalue weighted by Gasteiger charge is -2.36. The Hall–Kier alpha value is -3.49. The maximum Gasteiger partial charge on any atom is 0.292 e. The summed E-state index contributed by atoms with van der Waals surface area (Å²) in [6.07, 6.45) is 0. The summed E-state index contributed by atoms with van der Waals surface area (Å²) in [5.74, 6) is -0.265. The average molecular weight is 370 g/mol. The van der Waals surface area contributed by atoms with E-state index in [1.165, 1.54) is 18.2 Å². The molecule has 0 bridgehead atoms. The third-order valence-electron chi connectivity index (χ3n) is 4.72. The van der Waals surface area contributed by atoms with Crippen LogP contribution in [0.4, 0.5) is 17.1 Å². The minimum atomic E-state index is -0.501.